The second-order valence-electron chi connectivity index (χ2n) is 2.41. The third kappa shape index (κ3) is 2.96. The van der Waals surface area contributed by atoms with Crippen molar-refractivity contribution in [3.8, 4) is 18.1 Å². The van der Waals surface area contributed by atoms with Crippen LogP contribution in [0.5, 0.6) is 5.75 Å². The van der Waals surface area contributed by atoms with Gasteiger partial charge >= 0.3 is 0 Å². The first-order valence-corrected chi connectivity index (χ1v) is 4.53. The number of terminal acetylenes is 1. The third-order valence-corrected chi connectivity index (χ3v) is 2.00. The van der Waals surface area contributed by atoms with E-state index in [0.717, 1.165) is 15.8 Å². The van der Waals surface area contributed by atoms with E-state index in [1.807, 2.05) is 30.3 Å². The lowest BCUT2D eigenvalue weighted by Crippen LogP contribution is -1.81. The molecule has 0 fully saturated rings. The Kier molecular flexibility index (Phi) is 3.60. The lowest BCUT2D eigenvalue weighted by Gasteiger charge is -1.98. The summed E-state index contributed by atoms with van der Waals surface area (Å²) < 4.78 is 5.76. The van der Waals surface area contributed by atoms with Crippen molar-refractivity contribution in [3.05, 3.63) is 34.3 Å². The molecule has 0 amide bonds. The summed E-state index contributed by atoms with van der Waals surface area (Å²) in [7, 11) is 1.64. The average molecular weight is 237 g/mol. The Morgan fingerprint density at radius 1 is 1.46 bits per heavy atom. The minimum absolute atomic E-state index is 0.734. The van der Waals surface area contributed by atoms with Crippen LogP contribution in [-0.2, 0) is 0 Å². The van der Waals surface area contributed by atoms with Gasteiger partial charge in [0, 0.05) is 0 Å². The Balaban J connectivity index is 2.88. The van der Waals surface area contributed by atoms with Crippen LogP contribution in [0.3, 0.4) is 0 Å². The summed E-state index contributed by atoms with van der Waals surface area (Å²) in [6, 6.07) is 7.67. The summed E-state index contributed by atoms with van der Waals surface area (Å²) in [5, 5.41) is 0. The fourth-order valence-electron chi connectivity index (χ4n) is 0.888. The highest BCUT2D eigenvalue weighted by molar-refractivity contribution is 9.12. The van der Waals surface area contributed by atoms with Crippen LogP contribution in [-0.4, -0.2) is 7.11 Å². The SMILES string of the molecule is C#C/C(Br)=C/c1ccc(OC)cc1. The van der Waals surface area contributed by atoms with Crippen LogP contribution in [0.4, 0.5) is 0 Å². The van der Waals surface area contributed by atoms with Crippen LogP contribution in [0.2, 0.25) is 0 Å². The van der Waals surface area contributed by atoms with E-state index in [2.05, 4.69) is 21.9 Å². The number of hydrogen-bond donors (Lipinski definition) is 0. The number of rotatable bonds is 2. The second-order valence-corrected chi connectivity index (χ2v) is 3.26. The zero-order chi connectivity index (χ0) is 9.68. The fourth-order valence-corrected chi connectivity index (χ4v) is 1.15. The first kappa shape index (κ1) is 9.88. The molecule has 1 rings (SSSR count). The highest BCUT2D eigenvalue weighted by atomic mass is 79.9. The molecule has 1 aromatic rings. The monoisotopic (exact) mass is 236 g/mol. The van der Waals surface area contributed by atoms with E-state index >= 15 is 0 Å². The molecule has 0 bridgehead atoms. The van der Waals surface area contributed by atoms with E-state index in [-0.39, 0.29) is 0 Å². The molecule has 13 heavy (non-hydrogen) atoms. The van der Waals surface area contributed by atoms with Gasteiger partial charge in [-0.3, -0.25) is 0 Å². The van der Waals surface area contributed by atoms with Crippen molar-refractivity contribution in [2.45, 2.75) is 0 Å². The first-order chi connectivity index (χ1) is 6.26. The number of hydrogen-bond acceptors (Lipinski definition) is 1. The largest absolute Gasteiger partial charge is 0.497 e. The lowest BCUT2D eigenvalue weighted by molar-refractivity contribution is 0.415. The zero-order valence-electron chi connectivity index (χ0n) is 7.25. The number of methoxy groups -OCH3 is 1. The van der Waals surface area contributed by atoms with Crippen molar-refractivity contribution in [3.63, 3.8) is 0 Å². The highest BCUT2D eigenvalue weighted by Gasteiger charge is 1.91. The van der Waals surface area contributed by atoms with Crippen molar-refractivity contribution in [2.24, 2.45) is 0 Å². The fraction of sp³-hybridized carbons (Fsp3) is 0.0909. The Hall–Kier alpha value is -1.20. The normalized spacial score (nSPS) is 10.7. The number of benzene rings is 1. The molecule has 1 nitrogen and oxygen atoms in total. The predicted octanol–water partition coefficient (Wildman–Crippen LogP) is 3.06. The zero-order valence-corrected chi connectivity index (χ0v) is 8.84. The Labute approximate surface area is 86.5 Å². The standard InChI is InChI=1S/C11H9BrO/c1-3-10(12)8-9-4-6-11(13-2)7-5-9/h1,4-8H,2H3/b10-8-. The molecule has 0 spiro atoms. The number of allylic oxidation sites excluding steroid dienone is 1. The van der Waals surface area contributed by atoms with Crippen LogP contribution in [0.1, 0.15) is 5.56 Å². The molecule has 0 aliphatic carbocycles. The summed E-state index contributed by atoms with van der Waals surface area (Å²) in [6.07, 6.45) is 7.06. The molecular weight excluding hydrogens is 228 g/mol. The van der Waals surface area contributed by atoms with Gasteiger partial charge in [0.25, 0.3) is 0 Å². The molecule has 2 heteroatoms. The smallest absolute Gasteiger partial charge is 0.118 e. The molecule has 0 heterocycles. The molecule has 0 aliphatic rings. The summed E-state index contributed by atoms with van der Waals surface area (Å²) in [6.45, 7) is 0. The van der Waals surface area contributed by atoms with Crippen molar-refractivity contribution >= 4 is 22.0 Å². The number of ether oxygens (including phenoxy) is 1. The van der Waals surface area contributed by atoms with E-state index in [4.69, 9.17) is 11.2 Å². The van der Waals surface area contributed by atoms with Gasteiger partial charge < -0.3 is 4.74 Å². The molecule has 0 aromatic heterocycles. The van der Waals surface area contributed by atoms with Crippen molar-refractivity contribution in [2.75, 3.05) is 7.11 Å². The molecule has 0 saturated heterocycles. The highest BCUT2D eigenvalue weighted by Crippen LogP contribution is 2.15. The van der Waals surface area contributed by atoms with Crippen LogP contribution < -0.4 is 4.74 Å². The minimum atomic E-state index is 0.734. The topological polar surface area (TPSA) is 9.23 Å². The van der Waals surface area contributed by atoms with Gasteiger partial charge in [0.05, 0.1) is 11.6 Å². The van der Waals surface area contributed by atoms with Crippen molar-refractivity contribution in [1.82, 2.24) is 0 Å². The van der Waals surface area contributed by atoms with Gasteiger partial charge in [-0.05, 0) is 39.7 Å². The van der Waals surface area contributed by atoms with Gasteiger partial charge in [0.1, 0.15) is 5.75 Å². The maximum atomic E-state index is 5.19. The van der Waals surface area contributed by atoms with Gasteiger partial charge in [-0.15, -0.1) is 6.42 Å². The number of halogens is 1. The molecule has 1 aromatic carbocycles. The first-order valence-electron chi connectivity index (χ1n) is 3.74. The lowest BCUT2D eigenvalue weighted by atomic mass is 10.2. The second kappa shape index (κ2) is 4.74. The molecule has 0 aliphatic heterocycles. The van der Waals surface area contributed by atoms with Crippen LogP contribution in [0, 0.1) is 12.3 Å². The van der Waals surface area contributed by atoms with Gasteiger partial charge in [-0.2, -0.15) is 0 Å². The Bertz CT molecular complexity index is 343. The molecule has 0 N–H and O–H groups in total. The molecular formula is C11H9BrO. The van der Waals surface area contributed by atoms with Gasteiger partial charge in [0.15, 0.2) is 0 Å². The van der Waals surface area contributed by atoms with Crippen molar-refractivity contribution < 1.29 is 4.74 Å². The maximum absolute atomic E-state index is 5.19. The molecule has 0 atom stereocenters. The van der Waals surface area contributed by atoms with E-state index in [0.29, 0.717) is 0 Å². The molecule has 0 saturated carbocycles. The van der Waals surface area contributed by atoms with Gasteiger partial charge in [-0.1, -0.05) is 18.1 Å². The average Bonchev–Trinajstić information content (AvgIpc) is 2.19. The van der Waals surface area contributed by atoms with E-state index in [9.17, 15) is 0 Å². The summed E-state index contributed by atoms with van der Waals surface area (Å²) >= 11 is 3.24. The van der Waals surface area contributed by atoms with Crippen molar-refractivity contribution in [1.29, 1.82) is 0 Å². The molecule has 0 unspecified atom stereocenters. The quantitative estimate of drug-likeness (QED) is 0.718. The van der Waals surface area contributed by atoms with E-state index < -0.39 is 0 Å². The van der Waals surface area contributed by atoms with E-state index in [1.54, 1.807) is 7.11 Å². The van der Waals surface area contributed by atoms with E-state index in [1.165, 1.54) is 0 Å². The predicted molar refractivity (Wildman–Crippen MR) is 58.7 cm³/mol. The molecule has 66 valence electrons. The minimum Gasteiger partial charge on any atom is -0.497 e. The van der Waals surface area contributed by atoms with Gasteiger partial charge in [-0.25, -0.2) is 0 Å². The summed E-state index contributed by atoms with van der Waals surface area (Å²) in [5.74, 6) is 3.33. The Morgan fingerprint density at radius 2 is 2.08 bits per heavy atom. The van der Waals surface area contributed by atoms with Crippen LogP contribution in [0.25, 0.3) is 6.08 Å². The summed E-state index contributed by atoms with van der Waals surface area (Å²) in [5.41, 5.74) is 1.05. The summed E-state index contributed by atoms with van der Waals surface area (Å²) in [4.78, 5) is 0. The maximum Gasteiger partial charge on any atom is 0.118 e. The van der Waals surface area contributed by atoms with Gasteiger partial charge in [0.2, 0.25) is 0 Å². The molecule has 0 radical (unpaired) electrons. The third-order valence-electron chi connectivity index (χ3n) is 1.55. The van der Waals surface area contributed by atoms with Crippen LogP contribution >= 0.6 is 15.9 Å². The Morgan fingerprint density at radius 3 is 2.54 bits per heavy atom. The van der Waals surface area contributed by atoms with Crippen LogP contribution in [0.15, 0.2) is 28.7 Å².